The smallest absolute Gasteiger partial charge is 0.303 e. The van der Waals surface area contributed by atoms with Gasteiger partial charge in [-0.15, -0.1) is 0 Å². The first-order chi connectivity index (χ1) is 26.3. The summed E-state index contributed by atoms with van der Waals surface area (Å²) in [5, 5.41) is 33.3. The molecule has 0 aliphatic carbocycles. The second-order valence-corrected chi connectivity index (χ2v) is 16.3. The molecule has 0 bridgehead atoms. The zero-order valence-corrected chi connectivity index (χ0v) is 36.9. The van der Waals surface area contributed by atoms with Crippen molar-refractivity contribution in [2.45, 2.75) is 297 Å². The van der Waals surface area contributed by atoms with E-state index in [2.05, 4.69) is 13.8 Å². The lowest BCUT2D eigenvalue weighted by Crippen LogP contribution is -2.01. The van der Waals surface area contributed by atoms with Gasteiger partial charge in [0.05, 0.1) is 0 Å². The molecular weight excluding hydrogens is 673 g/mol. The van der Waals surface area contributed by atoms with Gasteiger partial charge in [-0.1, -0.05) is 258 Å². The summed E-state index contributed by atoms with van der Waals surface area (Å²) in [5.41, 5.74) is 0. The summed E-state index contributed by atoms with van der Waals surface area (Å²) in [6.45, 7) is 6.47. The molecule has 0 atom stereocenters. The Labute approximate surface area is 337 Å². The number of hydrogen-bond donors (Lipinski definition) is 4. The van der Waals surface area contributed by atoms with Gasteiger partial charge in [0, 0.05) is 12.8 Å². The summed E-state index contributed by atoms with van der Waals surface area (Å²) >= 11 is 0. The molecule has 0 radical (unpaired) electrons. The predicted molar refractivity (Wildman–Crippen MR) is 234 cm³/mol. The number of aliphatic carboxylic acids is 2. The van der Waals surface area contributed by atoms with Crippen molar-refractivity contribution in [1.82, 2.24) is 0 Å². The molecule has 6 nitrogen and oxygen atoms in total. The number of carboxylic acids is 2. The third-order valence-electron chi connectivity index (χ3n) is 10.5. The second kappa shape index (κ2) is 54.0. The molecule has 0 aliphatic rings. The highest BCUT2D eigenvalue weighted by atomic mass is 16.5. The van der Waals surface area contributed by atoms with E-state index in [1.165, 1.54) is 218 Å². The second-order valence-electron chi connectivity index (χ2n) is 16.3. The number of carbonyl (C=O) groups is 2. The predicted octanol–water partition coefficient (Wildman–Crippen LogP) is 15.9. The van der Waals surface area contributed by atoms with Gasteiger partial charge >= 0.3 is 11.9 Å². The van der Waals surface area contributed by atoms with Gasteiger partial charge in [0.2, 0.25) is 0 Å². The molecule has 0 aromatic heterocycles. The van der Waals surface area contributed by atoms with Gasteiger partial charge in [-0.3, -0.25) is 9.59 Å². The van der Waals surface area contributed by atoms with Crippen molar-refractivity contribution in [1.29, 1.82) is 0 Å². The average Bonchev–Trinajstić information content (AvgIpc) is 3.14. The summed E-state index contributed by atoms with van der Waals surface area (Å²) in [5.74, 6) is -1.30. The van der Waals surface area contributed by atoms with Crippen LogP contribution >= 0.6 is 0 Å². The average molecular weight is 771 g/mol. The van der Waals surface area contributed by atoms with Crippen molar-refractivity contribution >= 4 is 11.9 Å². The van der Waals surface area contributed by atoms with Gasteiger partial charge in [0.15, 0.2) is 6.29 Å². The number of unbranched alkanes of at least 4 members (excludes halogenated alkanes) is 36. The highest BCUT2D eigenvalue weighted by Gasteiger charge is 1.99. The fourth-order valence-electron chi connectivity index (χ4n) is 6.97. The van der Waals surface area contributed by atoms with Crippen LogP contribution in [0.2, 0.25) is 0 Å². The normalized spacial score (nSPS) is 10.9. The largest absolute Gasteiger partial charge is 0.481 e. The highest BCUT2D eigenvalue weighted by Crippen LogP contribution is 2.16. The molecule has 6 heteroatoms. The van der Waals surface area contributed by atoms with Crippen LogP contribution in [-0.2, 0) is 9.59 Å². The topological polar surface area (TPSA) is 115 Å². The lowest BCUT2D eigenvalue weighted by atomic mass is 10.0. The number of hydrogen-bond acceptors (Lipinski definition) is 4. The standard InChI is InChI=1S/2C22H44O2.C4H10O2/c2*1-2-3-4-5-6-7-8-9-10-11-12-13-14-15-16-17-18-19-20-21-22(23)24;1-2-3-4(5)6/h2*2-21H2,1H3,(H,23,24);4-6H,2-3H2,1H3. The lowest BCUT2D eigenvalue weighted by molar-refractivity contribution is -0.138. The number of rotatable bonds is 42. The monoisotopic (exact) mass is 771 g/mol. The van der Waals surface area contributed by atoms with Crippen LogP contribution in [0.15, 0.2) is 0 Å². The van der Waals surface area contributed by atoms with E-state index in [4.69, 9.17) is 20.4 Å². The first kappa shape index (κ1) is 57.2. The zero-order valence-electron chi connectivity index (χ0n) is 36.9. The Balaban J connectivity index is -0.000000835. The third kappa shape index (κ3) is 65.7. The van der Waals surface area contributed by atoms with Crippen LogP contribution in [0.1, 0.15) is 290 Å². The molecule has 0 rings (SSSR count). The fraction of sp³-hybridized carbons (Fsp3) is 0.958. The van der Waals surface area contributed by atoms with Crippen LogP contribution in [0, 0.1) is 0 Å². The molecule has 54 heavy (non-hydrogen) atoms. The molecule has 0 aliphatic heterocycles. The molecule has 326 valence electrons. The first-order valence-corrected chi connectivity index (χ1v) is 24.1. The third-order valence-corrected chi connectivity index (χ3v) is 10.5. The Morgan fingerprint density at radius 1 is 0.296 bits per heavy atom. The summed E-state index contributed by atoms with van der Waals surface area (Å²) in [7, 11) is 0. The van der Waals surface area contributed by atoms with E-state index >= 15 is 0 Å². The Hall–Kier alpha value is -1.14. The number of aliphatic hydroxyl groups is 2. The fourth-order valence-corrected chi connectivity index (χ4v) is 6.97. The quantitative estimate of drug-likeness (QED) is 0.0363. The lowest BCUT2D eigenvalue weighted by Gasteiger charge is -2.03. The van der Waals surface area contributed by atoms with Crippen molar-refractivity contribution in [2.75, 3.05) is 0 Å². The molecule has 0 spiro atoms. The van der Waals surface area contributed by atoms with Gasteiger partial charge in [-0.05, 0) is 19.3 Å². The Kier molecular flexibility index (Phi) is 57.1. The Morgan fingerprint density at radius 2 is 0.463 bits per heavy atom. The van der Waals surface area contributed by atoms with Gasteiger partial charge < -0.3 is 20.4 Å². The molecular formula is C48H98O6. The first-order valence-electron chi connectivity index (χ1n) is 24.1. The van der Waals surface area contributed by atoms with Crippen LogP contribution in [-0.4, -0.2) is 38.7 Å². The Bertz CT molecular complexity index is 630. The molecule has 0 heterocycles. The van der Waals surface area contributed by atoms with Crippen molar-refractivity contribution in [3.63, 3.8) is 0 Å². The van der Waals surface area contributed by atoms with E-state index in [0.29, 0.717) is 19.3 Å². The zero-order chi connectivity index (χ0) is 40.4. The number of carboxylic acid groups (broad SMARTS) is 2. The summed E-state index contributed by atoms with van der Waals surface area (Å²) in [6.07, 6.45) is 52.4. The minimum absolute atomic E-state index is 0.346. The molecule has 0 aromatic carbocycles. The summed E-state index contributed by atoms with van der Waals surface area (Å²) in [6, 6.07) is 0. The van der Waals surface area contributed by atoms with Crippen LogP contribution in [0.25, 0.3) is 0 Å². The Morgan fingerprint density at radius 3 is 0.574 bits per heavy atom. The van der Waals surface area contributed by atoms with E-state index in [0.717, 1.165) is 32.1 Å². The van der Waals surface area contributed by atoms with Crippen LogP contribution in [0.4, 0.5) is 0 Å². The minimum atomic E-state index is -1.10. The summed E-state index contributed by atoms with van der Waals surface area (Å²) < 4.78 is 0. The highest BCUT2D eigenvalue weighted by molar-refractivity contribution is 5.66. The molecule has 0 amide bonds. The number of aliphatic hydroxyl groups excluding tert-OH is 1. The van der Waals surface area contributed by atoms with Gasteiger partial charge in [0.1, 0.15) is 0 Å². The van der Waals surface area contributed by atoms with Gasteiger partial charge in [-0.2, -0.15) is 0 Å². The maximum Gasteiger partial charge on any atom is 0.303 e. The SMILES string of the molecule is CCCC(O)O.CCCCCCCCCCCCCCCCCCCCCC(=O)O.CCCCCCCCCCCCCCCCCCCCCC(=O)O. The van der Waals surface area contributed by atoms with Gasteiger partial charge in [-0.25, -0.2) is 0 Å². The van der Waals surface area contributed by atoms with Crippen LogP contribution in [0.5, 0.6) is 0 Å². The molecule has 0 fully saturated rings. The maximum absolute atomic E-state index is 10.4. The van der Waals surface area contributed by atoms with Gasteiger partial charge in [0.25, 0.3) is 0 Å². The van der Waals surface area contributed by atoms with Crippen molar-refractivity contribution in [3.8, 4) is 0 Å². The molecule has 0 aromatic rings. The van der Waals surface area contributed by atoms with E-state index < -0.39 is 18.2 Å². The van der Waals surface area contributed by atoms with Crippen molar-refractivity contribution in [2.24, 2.45) is 0 Å². The van der Waals surface area contributed by atoms with E-state index in [1.54, 1.807) is 0 Å². The van der Waals surface area contributed by atoms with Crippen LogP contribution in [0.3, 0.4) is 0 Å². The molecule has 0 saturated carbocycles. The van der Waals surface area contributed by atoms with E-state index in [1.807, 2.05) is 6.92 Å². The van der Waals surface area contributed by atoms with Crippen molar-refractivity contribution in [3.05, 3.63) is 0 Å². The summed E-state index contributed by atoms with van der Waals surface area (Å²) in [4.78, 5) is 20.8. The maximum atomic E-state index is 10.4. The minimum Gasteiger partial charge on any atom is -0.481 e. The van der Waals surface area contributed by atoms with E-state index in [-0.39, 0.29) is 0 Å². The van der Waals surface area contributed by atoms with Crippen LogP contribution < -0.4 is 0 Å². The van der Waals surface area contributed by atoms with Crippen molar-refractivity contribution < 1.29 is 30.0 Å². The molecule has 4 N–H and O–H groups in total. The molecule has 0 unspecified atom stereocenters. The molecule has 0 saturated heterocycles. The van der Waals surface area contributed by atoms with E-state index in [9.17, 15) is 9.59 Å².